The second kappa shape index (κ2) is 11.8. The third-order valence-corrected chi connectivity index (χ3v) is 7.26. The number of piperazine rings is 1. The normalized spacial score (nSPS) is 15.1. The van der Waals surface area contributed by atoms with Gasteiger partial charge in [0.25, 0.3) is 5.91 Å². The molecule has 0 saturated carbocycles. The summed E-state index contributed by atoms with van der Waals surface area (Å²) in [6.07, 6.45) is 1.61. The number of para-hydroxylation sites is 1. The molecular weight excluding hydrogens is 487 g/mol. The van der Waals surface area contributed by atoms with Crippen LogP contribution < -0.4 is 4.74 Å². The maximum atomic E-state index is 12.6. The van der Waals surface area contributed by atoms with Crippen molar-refractivity contribution in [1.29, 1.82) is 0 Å². The fourth-order valence-corrected chi connectivity index (χ4v) is 4.81. The van der Waals surface area contributed by atoms with Crippen LogP contribution in [0.1, 0.15) is 5.56 Å². The molecule has 33 heavy (non-hydrogen) atoms. The molecule has 0 spiro atoms. The Balaban J connectivity index is 1.64. The number of carbonyl (C=O) groups is 2. The third-order valence-electron chi connectivity index (χ3n) is 5.13. The zero-order chi connectivity index (χ0) is 24.0. The van der Waals surface area contributed by atoms with Gasteiger partial charge in [-0.25, -0.2) is 0 Å². The quantitative estimate of drug-likeness (QED) is 0.556. The highest BCUT2D eigenvalue weighted by atomic mass is 35.5. The van der Waals surface area contributed by atoms with Crippen LogP contribution in [0.5, 0.6) is 5.75 Å². The fraction of sp³-hybridized carbons (Fsp3) is 0.304. The minimum absolute atomic E-state index is 0.218. The molecule has 2 aromatic rings. The molecule has 0 aliphatic carbocycles. The van der Waals surface area contributed by atoms with Gasteiger partial charge < -0.3 is 24.7 Å². The number of nitrogens with zero attached hydrogens (tertiary/aromatic N) is 2. The van der Waals surface area contributed by atoms with E-state index in [2.05, 4.69) is 0 Å². The first-order chi connectivity index (χ1) is 15.8. The summed E-state index contributed by atoms with van der Waals surface area (Å²) in [6, 6.07) is 11.2. The van der Waals surface area contributed by atoms with Gasteiger partial charge in [-0.2, -0.15) is 0 Å². The lowest BCUT2D eigenvalue weighted by atomic mass is 10.2. The van der Waals surface area contributed by atoms with Crippen LogP contribution in [0, 0.1) is 0 Å². The Morgan fingerprint density at radius 3 is 2.39 bits per heavy atom. The van der Waals surface area contributed by atoms with Crippen molar-refractivity contribution in [3.05, 3.63) is 58.1 Å². The van der Waals surface area contributed by atoms with Crippen LogP contribution in [-0.2, 0) is 9.59 Å². The second-order valence-corrected chi connectivity index (χ2v) is 9.06. The van der Waals surface area contributed by atoms with E-state index < -0.39 is 18.6 Å². The minimum atomic E-state index is -1.43. The molecule has 0 bridgehead atoms. The molecule has 2 N–H and O–H groups in total. The van der Waals surface area contributed by atoms with Crippen molar-refractivity contribution in [2.24, 2.45) is 0 Å². The number of aliphatic hydroxyl groups excluding tert-OH is 2. The average Bonchev–Trinajstić information content (AvgIpc) is 2.85. The average molecular weight is 511 g/mol. The predicted molar refractivity (Wildman–Crippen MR) is 129 cm³/mol. The molecule has 1 aliphatic heterocycles. The summed E-state index contributed by atoms with van der Waals surface area (Å²) >= 11 is 14.4. The number of methoxy groups -OCH3 is 1. The van der Waals surface area contributed by atoms with Crippen LogP contribution >= 0.6 is 35.0 Å². The Morgan fingerprint density at radius 1 is 1.06 bits per heavy atom. The number of carbonyl (C=O) groups excluding carboxylic acids is 2. The molecule has 1 unspecified atom stereocenters. The molecule has 1 atom stereocenters. The number of hydrogen-bond donors (Lipinski definition) is 2. The number of rotatable bonds is 7. The summed E-state index contributed by atoms with van der Waals surface area (Å²) in [5.41, 5.74) is 0.610. The Kier molecular flexibility index (Phi) is 9.05. The SMILES string of the molecule is COc1ccccc1Sc1ccc(C=CC(=O)N2CCN(C(=O)C(O)CO)CC2)c(Cl)c1Cl. The van der Waals surface area contributed by atoms with Crippen LogP contribution in [-0.4, -0.2) is 77.8 Å². The molecule has 0 radical (unpaired) electrons. The Bertz CT molecular complexity index is 1040. The third kappa shape index (κ3) is 6.22. The lowest BCUT2D eigenvalue weighted by Gasteiger charge is -2.35. The van der Waals surface area contributed by atoms with Crippen molar-refractivity contribution in [3.8, 4) is 5.75 Å². The van der Waals surface area contributed by atoms with Gasteiger partial charge in [0.05, 0.1) is 28.7 Å². The molecule has 2 aromatic carbocycles. The summed E-state index contributed by atoms with van der Waals surface area (Å²) in [7, 11) is 1.61. The lowest BCUT2D eigenvalue weighted by molar-refractivity contribution is -0.145. The Hall–Kier alpha value is -2.23. The van der Waals surface area contributed by atoms with E-state index in [9.17, 15) is 14.7 Å². The standard InChI is InChI=1S/C23H24Cl2N2O5S/c1-32-17-4-2-3-5-18(17)33-19-8-6-15(21(24)22(19)25)7-9-20(30)26-10-12-27(13-11-26)23(31)16(29)14-28/h2-9,16,28-29H,10-14H2,1H3. The highest BCUT2D eigenvalue weighted by Gasteiger charge is 2.26. The maximum Gasteiger partial charge on any atom is 0.253 e. The molecule has 176 valence electrons. The fourth-order valence-electron chi connectivity index (χ4n) is 3.28. The van der Waals surface area contributed by atoms with E-state index in [4.69, 9.17) is 33.0 Å². The van der Waals surface area contributed by atoms with Gasteiger partial charge in [0, 0.05) is 37.2 Å². The first-order valence-corrected chi connectivity index (χ1v) is 11.8. The number of ether oxygens (including phenoxy) is 1. The topological polar surface area (TPSA) is 90.3 Å². The highest BCUT2D eigenvalue weighted by Crippen LogP contribution is 2.42. The van der Waals surface area contributed by atoms with Crippen LogP contribution in [0.15, 0.2) is 52.3 Å². The zero-order valence-electron chi connectivity index (χ0n) is 17.9. The van der Waals surface area contributed by atoms with Gasteiger partial charge in [-0.3, -0.25) is 9.59 Å². The molecule has 1 fully saturated rings. The largest absolute Gasteiger partial charge is 0.496 e. The number of aliphatic hydroxyl groups is 2. The maximum absolute atomic E-state index is 12.6. The van der Waals surface area contributed by atoms with Crippen LogP contribution in [0.2, 0.25) is 10.0 Å². The molecule has 0 aromatic heterocycles. The zero-order valence-corrected chi connectivity index (χ0v) is 20.2. The molecular formula is C23H24Cl2N2O5S. The van der Waals surface area contributed by atoms with Crippen LogP contribution in [0.3, 0.4) is 0 Å². The van der Waals surface area contributed by atoms with E-state index in [0.29, 0.717) is 28.7 Å². The van der Waals surface area contributed by atoms with Crippen molar-refractivity contribution in [1.82, 2.24) is 9.80 Å². The number of benzene rings is 2. The molecule has 1 heterocycles. The Morgan fingerprint density at radius 2 is 1.73 bits per heavy atom. The van der Waals surface area contributed by atoms with E-state index in [1.807, 2.05) is 30.3 Å². The first kappa shape index (κ1) is 25.4. The van der Waals surface area contributed by atoms with Gasteiger partial charge in [0.2, 0.25) is 5.91 Å². The monoisotopic (exact) mass is 510 g/mol. The van der Waals surface area contributed by atoms with Gasteiger partial charge in [-0.05, 0) is 29.8 Å². The van der Waals surface area contributed by atoms with Gasteiger partial charge in [-0.1, -0.05) is 53.2 Å². The van der Waals surface area contributed by atoms with Crippen molar-refractivity contribution >= 4 is 52.9 Å². The second-order valence-electron chi connectivity index (χ2n) is 7.22. The van der Waals surface area contributed by atoms with Crippen molar-refractivity contribution in [2.75, 3.05) is 39.9 Å². The van der Waals surface area contributed by atoms with Crippen molar-refractivity contribution in [2.45, 2.75) is 15.9 Å². The minimum Gasteiger partial charge on any atom is -0.496 e. The van der Waals surface area contributed by atoms with Gasteiger partial charge >= 0.3 is 0 Å². The van der Waals surface area contributed by atoms with E-state index in [1.54, 1.807) is 24.2 Å². The van der Waals surface area contributed by atoms with E-state index in [-0.39, 0.29) is 19.0 Å². The summed E-state index contributed by atoms with van der Waals surface area (Å²) in [5.74, 6) is -0.0194. The molecule has 10 heteroatoms. The van der Waals surface area contributed by atoms with Crippen molar-refractivity contribution in [3.63, 3.8) is 0 Å². The Labute approximate surface area is 206 Å². The van der Waals surface area contributed by atoms with Gasteiger partial charge in [-0.15, -0.1) is 0 Å². The molecule has 2 amide bonds. The van der Waals surface area contributed by atoms with Gasteiger partial charge in [0.15, 0.2) is 6.10 Å². The van der Waals surface area contributed by atoms with Gasteiger partial charge in [0.1, 0.15) is 5.75 Å². The van der Waals surface area contributed by atoms with Crippen LogP contribution in [0.4, 0.5) is 0 Å². The molecule has 1 saturated heterocycles. The van der Waals surface area contributed by atoms with E-state index in [0.717, 1.165) is 15.5 Å². The van der Waals surface area contributed by atoms with Crippen LogP contribution in [0.25, 0.3) is 6.08 Å². The first-order valence-electron chi connectivity index (χ1n) is 10.2. The van der Waals surface area contributed by atoms with Crippen molar-refractivity contribution < 1.29 is 24.5 Å². The summed E-state index contributed by atoms with van der Waals surface area (Å²) in [4.78, 5) is 29.2. The van der Waals surface area contributed by atoms with E-state index >= 15 is 0 Å². The molecule has 1 aliphatic rings. The summed E-state index contributed by atoms with van der Waals surface area (Å²) in [6.45, 7) is 0.611. The highest BCUT2D eigenvalue weighted by molar-refractivity contribution is 7.99. The molecule has 3 rings (SSSR count). The number of amides is 2. The lowest BCUT2D eigenvalue weighted by Crippen LogP contribution is -2.53. The predicted octanol–water partition coefficient (Wildman–Crippen LogP) is 3.19. The van der Waals surface area contributed by atoms with E-state index in [1.165, 1.54) is 22.7 Å². The summed E-state index contributed by atoms with van der Waals surface area (Å²) in [5, 5.41) is 19.1. The summed E-state index contributed by atoms with van der Waals surface area (Å²) < 4.78 is 5.38. The number of halogens is 2. The smallest absolute Gasteiger partial charge is 0.253 e. The number of hydrogen-bond acceptors (Lipinski definition) is 6. The molecule has 7 nitrogen and oxygen atoms in total.